The van der Waals surface area contributed by atoms with Gasteiger partial charge in [-0.2, -0.15) is 5.26 Å². The highest BCUT2D eigenvalue weighted by atomic mass is 35.5. The molecule has 3 nitrogen and oxygen atoms in total. The zero-order valence-electron chi connectivity index (χ0n) is 11.0. The molecule has 2 aromatic rings. The lowest BCUT2D eigenvalue weighted by atomic mass is 10.1. The van der Waals surface area contributed by atoms with Crippen LogP contribution in [0.1, 0.15) is 16.5 Å². The van der Waals surface area contributed by atoms with Gasteiger partial charge < -0.3 is 0 Å². The van der Waals surface area contributed by atoms with Crippen molar-refractivity contribution in [2.24, 2.45) is 0 Å². The van der Waals surface area contributed by atoms with E-state index in [0.29, 0.717) is 16.3 Å². The average molecular weight is 315 g/mol. The number of benzene rings is 2. The van der Waals surface area contributed by atoms with E-state index >= 15 is 0 Å². The summed E-state index contributed by atoms with van der Waals surface area (Å²) in [6.45, 7) is 0. The number of halogens is 1. The molecular formula is C16H11ClN2OS. The molecule has 0 saturated carbocycles. The molecular weight excluding hydrogens is 304 g/mol. The summed E-state index contributed by atoms with van der Waals surface area (Å²) in [4.78, 5) is 14.0. The number of hydrogen-bond donors (Lipinski definition) is 0. The average Bonchev–Trinajstić information content (AvgIpc) is 2.90. The second-order valence-corrected chi connectivity index (χ2v) is 6.14. The third kappa shape index (κ3) is 2.76. The van der Waals surface area contributed by atoms with E-state index in [9.17, 15) is 4.79 Å². The van der Waals surface area contributed by atoms with E-state index in [1.165, 1.54) is 0 Å². The van der Waals surface area contributed by atoms with Crippen LogP contribution in [-0.2, 0) is 4.79 Å². The Morgan fingerprint density at radius 3 is 2.43 bits per heavy atom. The number of anilines is 1. The molecule has 1 aliphatic heterocycles. The monoisotopic (exact) mass is 314 g/mol. The van der Waals surface area contributed by atoms with Crippen molar-refractivity contribution in [1.29, 1.82) is 5.26 Å². The van der Waals surface area contributed by atoms with E-state index < -0.39 is 0 Å². The Hall–Kier alpha value is -1.96. The van der Waals surface area contributed by atoms with Crippen LogP contribution in [0.5, 0.6) is 0 Å². The highest BCUT2D eigenvalue weighted by Gasteiger charge is 2.33. The molecule has 21 heavy (non-hydrogen) atoms. The van der Waals surface area contributed by atoms with E-state index in [-0.39, 0.29) is 11.3 Å². The van der Waals surface area contributed by atoms with Gasteiger partial charge in [0.1, 0.15) is 5.37 Å². The number of carbonyl (C=O) groups is 1. The van der Waals surface area contributed by atoms with Crippen LogP contribution >= 0.6 is 23.4 Å². The molecule has 104 valence electrons. The van der Waals surface area contributed by atoms with Crippen molar-refractivity contribution in [2.45, 2.75) is 5.37 Å². The van der Waals surface area contributed by atoms with Crippen molar-refractivity contribution in [2.75, 3.05) is 10.7 Å². The smallest absolute Gasteiger partial charge is 0.238 e. The lowest BCUT2D eigenvalue weighted by molar-refractivity contribution is -0.115. The SMILES string of the molecule is N#Cc1ccc(N2C(=O)CS[C@@H]2c2ccc(Cl)cc2)cc1. The highest BCUT2D eigenvalue weighted by Crippen LogP contribution is 2.41. The Balaban J connectivity index is 1.95. The Bertz CT molecular complexity index is 707. The zero-order valence-corrected chi connectivity index (χ0v) is 12.6. The largest absolute Gasteiger partial charge is 0.295 e. The summed E-state index contributed by atoms with van der Waals surface area (Å²) in [7, 11) is 0. The van der Waals surface area contributed by atoms with E-state index in [1.54, 1.807) is 28.8 Å². The number of rotatable bonds is 2. The molecule has 0 spiro atoms. The summed E-state index contributed by atoms with van der Waals surface area (Å²) in [6, 6.07) is 16.7. The van der Waals surface area contributed by atoms with Crippen molar-refractivity contribution in [3.8, 4) is 6.07 Å². The van der Waals surface area contributed by atoms with E-state index in [0.717, 1.165) is 11.3 Å². The van der Waals surface area contributed by atoms with Gasteiger partial charge in [0.15, 0.2) is 0 Å². The summed E-state index contributed by atoms with van der Waals surface area (Å²) in [5, 5.41) is 9.48. The van der Waals surface area contributed by atoms with Gasteiger partial charge >= 0.3 is 0 Å². The first-order chi connectivity index (χ1) is 10.2. The van der Waals surface area contributed by atoms with Gasteiger partial charge in [-0.15, -0.1) is 11.8 Å². The fourth-order valence-electron chi connectivity index (χ4n) is 2.27. The first-order valence-corrected chi connectivity index (χ1v) is 7.81. The molecule has 3 rings (SSSR count). The lowest BCUT2D eigenvalue weighted by Crippen LogP contribution is -2.27. The molecule has 1 heterocycles. The summed E-state index contributed by atoms with van der Waals surface area (Å²) >= 11 is 7.51. The maximum absolute atomic E-state index is 12.2. The Morgan fingerprint density at radius 1 is 1.14 bits per heavy atom. The molecule has 0 radical (unpaired) electrons. The summed E-state index contributed by atoms with van der Waals surface area (Å²) in [5.41, 5.74) is 2.43. The van der Waals surface area contributed by atoms with Gasteiger partial charge in [-0.1, -0.05) is 23.7 Å². The third-order valence-electron chi connectivity index (χ3n) is 3.30. The normalized spacial score (nSPS) is 17.8. The fourth-order valence-corrected chi connectivity index (χ4v) is 3.58. The van der Waals surface area contributed by atoms with Crippen LogP contribution in [0.3, 0.4) is 0 Å². The first-order valence-electron chi connectivity index (χ1n) is 6.38. The molecule has 1 amide bonds. The molecule has 0 bridgehead atoms. The molecule has 1 saturated heterocycles. The van der Waals surface area contributed by atoms with Crippen LogP contribution in [0.25, 0.3) is 0 Å². The van der Waals surface area contributed by atoms with E-state index in [4.69, 9.17) is 16.9 Å². The number of nitriles is 1. The molecule has 0 aromatic heterocycles. The maximum Gasteiger partial charge on any atom is 0.238 e. The highest BCUT2D eigenvalue weighted by molar-refractivity contribution is 8.00. The molecule has 0 unspecified atom stereocenters. The van der Waals surface area contributed by atoms with Crippen LogP contribution < -0.4 is 4.90 Å². The quantitative estimate of drug-likeness (QED) is 0.842. The molecule has 1 atom stereocenters. The number of carbonyl (C=O) groups excluding carboxylic acids is 1. The van der Waals surface area contributed by atoms with Gasteiger partial charge in [-0.3, -0.25) is 9.69 Å². The Morgan fingerprint density at radius 2 is 1.81 bits per heavy atom. The van der Waals surface area contributed by atoms with Gasteiger partial charge in [0, 0.05) is 10.7 Å². The number of thioether (sulfide) groups is 1. The number of hydrogen-bond acceptors (Lipinski definition) is 3. The number of amides is 1. The van der Waals surface area contributed by atoms with Crippen LogP contribution in [0.15, 0.2) is 48.5 Å². The molecule has 0 N–H and O–H groups in total. The van der Waals surface area contributed by atoms with Gasteiger partial charge in [0.25, 0.3) is 0 Å². The van der Waals surface area contributed by atoms with E-state index in [1.807, 2.05) is 36.4 Å². The second-order valence-electron chi connectivity index (χ2n) is 4.64. The first kappa shape index (κ1) is 14.0. The predicted molar refractivity (Wildman–Crippen MR) is 85.3 cm³/mol. The molecule has 1 fully saturated rings. The summed E-state index contributed by atoms with van der Waals surface area (Å²) < 4.78 is 0. The number of nitrogens with zero attached hydrogens (tertiary/aromatic N) is 2. The molecule has 0 aliphatic carbocycles. The van der Waals surface area contributed by atoms with Crippen LogP contribution in [0.2, 0.25) is 5.02 Å². The molecule has 1 aliphatic rings. The molecule has 5 heteroatoms. The minimum atomic E-state index is -0.0531. The Kier molecular flexibility index (Phi) is 3.87. The zero-order chi connectivity index (χ0) is 14.8. The minimum Gasteiger partial charge on any atom is -0.295 e. The summed E-state index contributed by atoms with van der Waals surface area (Å²) in [6.07, 6.45) is 0. The van der Waals surface area contributed by atoms with Crippen molar-refractivity contribution in [1.82, 2.24) is 0 Å². The predicted octanol–water partition coefficient (Wildman–Crippen LogP) is 3.99. The van der Waals surface area contributed by atoms with Gasteiger partial charge in [0.2, 0.25) is 5.91 Å². The van der Waals surface area contributed by atoms with Gasteiger partial charge in [0.05, 0.1) is 17.4 Å². The van der Waals surface area contributed by atoms with Crippen LogP contribution in [0.4, 0.5) is 5.69 Å². The summed E-state index contributed by atoms with van der Waals surface area (Å²) in [5.74, 6) is 0.525. The van der Waals surface area contributed by atoms with Crippen molar-refractivity contribution in [3.05, 3.63) is 64.7 Å². The van der Waals surface area contributed by atoms with Crippen LogP contribution in [-0.4, -0.2) is 11.7 Å². The standard InChI is InChI=1S/C16H11ClN2OS/c17-13-5-3-12(4-6-13)16-19(15(20)10-21-16)14-7-1-11(9-18)2-8-14/h1-8,16H,10H2/t16-/m1/s1. The lowest BCUT2D eigenvalue weighted by Gasteiger charge is -2.24. The fraction of sp³-hybridized carbons (Fsp3) is 0.125. The Labute approximate surface area is 132 Å². The van der Waals surface area contributed by atoms with Crippen LogP contribution in [0, 0.1) is 11.3 Å². The van der Waals surface area contributed by atoms with E-state index in [2.05, 4.69) is 6.07 Å². The van der Waals surface area contributed by atoms with Crippen molar-refractivity contribution in [3.63, 3.8) is 0 Å². The molecule has 2 aromatic carbocycles. The van der Waals surface area contributed by atoms with Crippen molar-refractivity contribution >= 4 is 35.0 Å². The topological polar surface area (TPSA) is 44.1 Å². The maximum atomic E-state index is 12.2. The third-order valence-corrected chi connectivity index (χ3v) is 4.76. The van der Waals surface area contributed by atoms with Gasteiger partial charge in [-0.05, 0) is 42.0 Å². The minimum absolute atomic E-state index is 0.0531. The van der Waals surface area contributed by atoms with Gasteiger partial charge in [-0.25, -0.2) is 0 Å². The second kappa shape index (κ2) is 5.80. The van der Waals surface area contributed by atoms with Crippen molar-refractivity contribution < 1.29 is 4.79 Å².